The Morgan fingerprint density at radius 1 is 1.08 bits per heavy atom. The summed E-state index contributed by atoms with van der Waals surface area (Å²) >= 11 is 3.41. The van der Waals surface area contributed by atoms with E-state index in [1.807, 2.05) is 31.2 Å². The third-order valence-electron chi connectivity index (χ3n) is 6.42. The molecule has 2 N–H and O–H groups in total. The van der Waals surface area contributed by atoms with Crippen LogP contribution in [0, 0.1) is 29.1 Å². The van der Waals surface area contributed by atoms with Crippen molar-refractivity contribution in [2.45, 2.75) is 32.6 Å². The van der Waals surface area contributed by atoms with Gasteiger partial charge in [0, 0.05) is 16.7 Å². The van der Waals surface area contributed by atoms with E-state index < -0.39 is 0 Å². The third-order valence-corrected chi connectivity index (χ3v) is 6.94. The molecule has 4 rings (SSSR count). The highest BCUT2D eigenvalue weighted by atomic mass is 79.9. The summed E-state index contributed by atoms with van der Waals surface area (Å²) < 4.78 is 0.984. The van der Waals surface area contributed by atoms with Gasteiger partial charge in [0.25, 0.3) is 0 Å². The molecule has 4 unspecified atom stereocenters. The number of hydrogen-bond donors (Lipinski definition) is 2. The Labute approximate surface area is 150 Å². The van der Waals surface area contributed by atoms with Crippen molar-refractivity contribution in [1.82, 2.24) is 5.32 Å². The van der Waals surface area contributed by atoms with E-state index in [0.717, 1.165) is 23.0 Å². The van der Waals surface area contributed by atoms with Crippen LogP contribution in [0.15, 0.2) is 28.7 Å². The molecule has 0 radical (unpaired) electrons. The van der Waals surface area contributed by atoms with Gasteiger partial charge < -0.3 is 10.6 Å². The van der Waals surface area contributed by atoms with Crippen molar-refractivity contribution in [3.8, 4) is 0 Å². The summed E-state index contributed by atoms with van der Waals surface area (Å²) in [7, 11) is 0. The SMILES string of the molecule is CCNC(=O)C1C(C(=O)Nc2ccc(Br)cc2)C2CCC1C21CC1. The Morgan fingerprint density at radius 2 is 1.67 bits per heavy atom. The molecule has 3 aliphatic carbocycles. The van der Waals surface area contributed by atoms with E-state index in [4.69, 9.17) is 0 Å². The van der Waals surface area contributed by atoms with Crippen LogP contribution in [0.3, 0.4) is 0 Å². The highest BCUT2D eigenvalue weighted by Gasteiger charge is 2.71. The van der Waals surface area contributed by atoms with Crippen LogP contribution in [0.25, 0.3) is 0 Å². The highest BCUT2D eigenvalue weighted by molar-refractivity contribution is 9.10. The minimum Gasteiger partial charge on any atom is -0.356 e. The molecule has 4 atom stereocenters. The average Bonchev–Trinajstić information content (AvgIpc) is 3.23. The molecular weight excluding hydrogens is 368 g/mol. The molecule has 1 aromatic carbocycles. The predicted molar refractivity (Wildman–Crippen MR) is 96.3 cm³/mol. The van der Waals surface area contributed by atoms with Crippen LogP contribution >= 0.6 is 15.9 Å². The van der Waals surface area contributed by atoms with Crippen LogP contribution in [-0.4, -0.2) is 18.4 Å². The maximum Gasteiger partial charge on any atom is 0.228 e. The van der Waals surface area contributed by atoms with E-state index in [2.05, 4.69) is 26.6 Å². The Morgan fingerprint density at radius 3 is 2.21 bits per heavy atom. The first-order chi connectivity index (χ1) is 11.6. The number of benzene rings is 1. The van der Waals surface area contributed by atoms with Crippen molar-refractivity contribution in [2.24, 2.45) is 29.1 Å². The summed E-state index contributed by atoms with van der Waals surface area (Å²) in [6, 6.07) is 7.62. The number of hydrogen-bond acceptors (Lipinski definition) is 2. The van der Waals surface area contributed by atoms with Crippen LogP contribution in [0.5, 0.6) is 0 Å². The van der Waals surface area contributed by atoms with Gasteiger partial charge in [-0.05, 0) is 74.1 Å². The molecule has 3 fully saturated rings. The van der Waals surface area contributed by atoms with Crippen LogP contribution < -0.4 is 10.6 Å². The molecule has 1 spiro atoms. The number of carbonyl (C=O) groups is 2. The monoisotopic (exact) mass is 390 g/mol. The molecule has 3 aliphatic rings. The first-order valence-electron chi connectivity index (χ1n) is 8.91. The quantitative estimate of drug-likeness (QED) is 0.825. The number of rotatable bonds is 4. The van der Waals surface area contributed by atoms with E-state index >= 15 is 0 Å². The Bertz CT molecular complexity index is 668. The van der Waals surface area contributed by atoms with Crippen molar-refractivity contribution in [2.75, 3.05) is 11.9 Å². The molecule has 2 bridgehead atoms. The Kier molecular flexibility index (Phi) is 3.94. The highest BCUT2D eigenvalue weighted by Crippen LogP contribution is 2.74. The first-order valence-corrected chi connectivity index (χ1v) is 9.70. The maximum absolute atomic E-state index is 13.0. The number of halogens is 1. The fraction of sp³-hybridized carbons (Fsp3) is 0.579. The zero-order valence-electron chi connectivity index (χ0n) is 13.8. The van der Waals surface area contributed by atoms with E-state index in [1.165, 1.54) is 12.8 Å². The van der Waals surface area contributed by atoms with Gasteiger partial charge in [-0.25, -0.2) is 0 Å². The molecule has 0 aliphatic heterocycles. The number of anilines is 1. The molecule has 24 heavy (non-hydrogen) atoms. The lowest BCUT2D eigenvalue weighted by molar-refractivity contribution is -0.134. The molecule has 128 valence electrons. The molecule has 3 saturated carbocycles. The van der Waals surface area contributed by atoms with Crippen LogP contribution in [0.4, 0.5) is 5.69 Å². The normalized spacial score (nSPS) is 31.9. The molecule has 0 heterocycles. The standard InChI is InChI=1S/C19H23BrN2O2/c1-2-21-17(23)15-13-7-8-14(19(13)9-10-19)16(15)18(24)22-12-5-3-11(20)4-6-12/h3-6,13-16H,2,7-10H2,1H3,(H,21,23)(H,22,24). The van der Waals surface area contributed by atoms with Crippen molar-refractivity contribution in [3.63, 3.8) is 0 Å². The molecule has 4 nitrogen and oxygen atoms in total. The van der Waals surface area contributed by atoms with Gasteiger partial charge in [-0.15, -0.1) is 0 Å². The fourth-order valence-corrected chi connectivity index (χ4v) is 5.68. The van der Waals surface area contributed by atoms with Gasteiger partial charge in [-0.2, -0.15) is 0 Å². The van der Waals surface area contributed by atoms with Crippen LogP contribution in [-0.2, 0) is 9.59 Å². The largest absolute Gasteiger partial charge is 0.356 e. The zero-order chi connectivity index (χ0) is 16.9. The van der Waals surface area contributed by atoms with Gasteiger partial charge in [0.15, 0.2) is 0 Å². The van der Waals surface area contributed by atoms with Gasteiger partial charge in [0.1, 0.15) is 0 Å². The summed E-state index contributed by atoms with van der Waals surface area (Å²) in [6.07, 6.45) is 4.59. The van der Waals surface area contributed by atoms with Crippen LogP contribution in [0.1, 0.15) is 32.6 Å². The first kappa shape index (κ1) is 16.1. The van der Waals surface area contributed by atoms with Gasteiger partial charge >= 0.3 is 0 Å². The molecule has 1 aromatic rings. The second-order valence-electron chi connectivity index (χ2n) is 7.47. The van der Waals surface area contributed by atoms with Crippen molar-refractivity contribution in [1.29, 1.82) is 0 Å². The second kappa shape index (κ2) is 5.87. The van der Waals surface area contributed by atoms with Gasteiger partial charge in [0.2, 0.25) is 11.8 Å². The zero-order valence-corrected chi connectivity index (χ0v) is 15.4. The van der Waals surface area contributed by atoms with Crippen molar-refractivity contribution < 1.29 is 9.59 Å². The smallest absolute Gasteiger partial charge is 0.228 e. The summed E-state index contributed by atoms with van der Waals surface area (Å²) in [5, 5.41) is 6.02. The summed E-state index contributed by atoms with van der Waals surface area (Å²) in [4.78, 5) is 25.7. The molecule has 0 aromatic heterocycles. The second-order valence-corrected chi connectivity index (χ2v) is 8.38. The third kappa shape index (κ3) is 2.40. The summed E-state index contributed by atoms with van der Waals surface area (Å²) in [5.41, 5.74) is 1.09. The summed E-state index contributed by atoms with van der Waals surface area (Å²) in [6.45, 7) is 2.57. The van der Waals surface area contributed by atoms with Gasteiger partial charge in [0.05, 0.1) is 11.8 Å². The van der Waals surface area contributed by atoms with Crippen LogP contribution in [0.2, 0.25) is 0 Å². The molecule has 5 heteroatoms. The van der Waals surface area contributed by atoms with Gasteiger partial charge in [-0.1, -0.05) is 15.9 Å². The maximum atomic E-state index is 13.0. The lowest BCUT2D eigenvalue weighted by Crippen LogP contribution is -2.43. The van der Waals surface area contributed by atoms with E-state index in [1.54, 1.807) is 0 Å². The topological polar surface area (TPSA) is 58.2 Å². The van der Waals surface area contributed by atoms with Crippen molar-refractivity contribution in [3.05, 3.63) is 28.7 Å². The number of carbonyl (C=O) groups excluding carboxylic acids is 2. The van der Waals surface area contributed by atoms with E-state index in [0.29, 0.717) is 18.4 Å². The molecule has 0 saturated heterocycles. The summed E-state index contributed by atoms with van der Waals surface area (Å²) in [5.74, 6) is 0.544. The fourth-order valence-electron chi connectivity index (χ4n) is 5.41. The van der Waals surface area contributed by atoms with Crippen molar-refractivity contribution >= 4 is 33.4 Å². The Balaban J connectivity index is 1.58. The number of amides is 2. The van der Waals surface area contributed by atoms with E-state index in [-0.39, 0.29) is 29.1 Å². The lowest BCUT2D eigenvalue weighted by Gasteiger charge is -2.29. The number of nitrogens with one attached hydrogen (secondary N) is 2. The minimum absolute atomic E-state index is 0.0204. The average molecular weight is 391 g/mol. The predicted octanol–water partition coefficient (Wildman–Crippen LogP) is 3.58. The lowest BCUT2D eigenvalue weighted by atomic mass is 9.78. The minimum atomic E-state index is -0.179. The Hall–Kier alpha value is -1.36. The molecule has 2 amide bonds. The van der Waals surface area contributed by atoms with Gasteiger partial charge in [-0.3, -0.25) is 9.59 Å². The van der Waals surface area contributed by atoms with E-state index in [9.17, 15) is 9.59 Å². The molecular formula is C19H23BrN2O2.